The lowest BCUT2D eigenvalue weighted by Crippen LogP contribution is -2.29. The Hall–Kier alpha value is -2.70. The Morgan fingerprint density at radius 2 is 1.88 bits per heavy atom. The maximum Gasteiger partial charge on any atom is 0.314 e. The van der Waals surface area contributed by atoms with Crippen molar-refractivity contribution in [3.8, 4) is 11.3 Å². The van der Waals surface area contributed by atoms with Crippen LogP contribution in [0.2, 0.25) is 0 Å². The van der Waals surface area contributed by atoms with Gasteiger partial charge >= 0.3 is 11.1 Å². The first-order chi connectivity index (χ1) is 8.25. The summed E-state index contributed by atoms with van der Waals surface area (Å²) >= 11 is 0. The fourth-order valence-corrected chi connectivity index (χ4v) is 1.69. The number of para-hydroxylation sites is 1. The Kier molecular flexibility index (Phi) is 1.91. The van der Waals surface area contributed by atoms with Crippen molar-refractivity contribution >= 4 is 11.0 Å². The summed E-state index contributed by atoms with van der Waals surface area (Å²) in [5, 5.41) is 10.1. The molecular formula is C10H7N5O2. The molecule has 0 amide bonds. The van der Waals surface area contributed by atoms with Crippen LogP contribution < -0.4 is 11.1 Å². The number of hydrogen-bond acceptors (Lipinski definition) is 4. The summed E-state index contributed by atoms with van der Waals surface area (Å²) in [6, 6.07) is 5.26. The largest absolute Gasteiger partial charge is 0.316 e. The van der Waals surface area contributed by atoms with Gasteiger partial charge in [0, 0.05) is 5.56 Å². The smallest absolute Gasteiger partial charge is 0.314 e. The molecule has 7 heteroatoms. The molecule has 0 unspecified atom stereocenters. The molecule has 0 fully saturated rings. The summed E-state index contributed by atoms with van der Waals surface area (Å²) in [4.78, 5) is 27.5. The zero-order valence-corrected chi connectivity index (χ0v) is 8.52. The van der Waals surface area contributed by atoms with Crippen molar-refractivity contribution in [2.24, 2.45) is 0 Å². The Morgan fingerprint density at radius 1 is 1.06 bits per heavy atom. The molecule has 0 bridgehead atoms. The van der Waals surface area contributed by atoms with E-state index in [2.05, 4.69) is 25.4 Å². The molecule has 0 spiro atoms. The molecule has 7 nitrogen and oxygen atoms in total. The summed E-state index contributed by atoms with van der Waals surface area (Å²) in [5.41, 5.74) is 1.02. The molecular weight excluding hydrogens is 222 g/mol. The third-order valence-corrected chi connectivity index (χ3v) is 2.45. The van der Waals surface area contributed by atoms with Crippen LogP contribution in [0.25, 0.3) is 22.3 Å². The summed E-state index contributed by atoms with van der Waals surface area (Å²) in [5.74, 6) is 0. The summed E-state index contributed by atoms with van der Waals surface area (Å²) in [6.45, 7) is 0. The number of benzene rings is 1. The lowest BCUT2D eigenvalue weighted by molar-refractivity contribution is 0.942. The van der Waals surface area contributed by atoms with Gasteiger partial charge in [-0.05, 0) is 6.07 Å². The van der Waals surface area contributed by atoms with Crippen LogP contribution in [0.15, 0.2) is 34.0 Å². The Bertz CT molecular complexity index is 784. The highest BCUT2D eigenvalue weighted by atomic mass is 16.2. The lowest BCUT2D eigenvalue weighted by atomic mass is 10.1. The average Bonchev–Trinajstić information content (AvgIpc) is 2.83. The molecule has 84 valence electrons. The van der Waals surface area contributed by atoms with Crippen LogP contribution in [-0.4, -0.2) is 25.4 Å². The maximum absolute atomic E-state index is 11.3. The van der Waals surface area contributed by atoms with Gasteiger partial charge in [-0.15, -0.1) is 0 Å². The SMILES string of the molecule is O=c1[nH]c2cccc(-c3cn[nH]n3)c2[nH]c1=O. The van der Waals surface area contributed by atoms with Gasteiger partial charge in [-0.2, -0.15) is 15.4 Å². The van der Waals surface area contributed by atoms with Gasteiger partial charge in [0.25, 0.3) is 0 Å². The minimum absolute atomic E-state index is 0.533. The summed E-state index contributed by atoms with van der Waals surface area (Å²) in [7, 11) is 0. The lowest BCUT2D eigenvalue weighted by Gasteiger charge is -2.01. The zero-order chi connectivity index (χ0) is 11.8. The van der Waals surface area contributed by atoms with Crippen molar-refractivity contribution in [3.63, 3.8) is 0 Å². The molecule has 0 saturated carbocycles. The van der Waals surface area contributed by atoms with E-state index >= 15 is 0 Å². The van der Waals surface area contributed by atoms with Gasteiger partial charge in [0.2, 0.25) is 0 Å². The van der Waals surface area contributed by atoms with Crippen LogP contribution in [0.3, 0.4) is 0 Å². The van der Waals surface area contributed by atoms with E-state index < -0.39 is 11.1 Å². The maximum atomic E-state index is 11.3. The van der Waals surface area contributed by atoms with Gasteiger partial charge in [0.1, 0.15) is 5.69 Å². The number of nitrogens with zero attached hydrogens (tertiary/aromatic N) is 2. The number of aromatic amines is 3. The first-order valence-electron chi connectivity index (χ1n) is 4.87. The minimum atomic E-state index is -0.687. The molecule has 0 aliphatic carbocycles. The van der Waals surface area contributed by atoms with Crippen molar-refractivity contribution < 1.29 is 0 Å². The summed E-state index contributed by atoms with van der Waals surface area (Å²) < 4.78 is 0. The van der Waals surface area contributed by atoms with Crippen LogP contribution in [-0.2, 0) is 0 Å². The van der Waals surface area contributed by atoms with E-state index in [1.54, 1.807) is 18.2 Å². The molecule has 0 saturated heterocycles. The van der Waals surface area contributed by atoms with Crippen molar-refractivity contribution in [1.29, 1.82) is 0 Å². The molecule has 0 aliphatic rings. The standard InChI is InChI=1S/C10H7N5O2/c16-9-10(17)13-8-5(7-4-11-15-14-7)2-1-3-6(8)12-9/h1-4H,(H,12,16)(H,13,17)(H,11,14,15). The molecule has 3 aromatic rings. The van der Waals surface area contributed by atoms with Crippen LogP contribution in [0.1, 0.15) is 0 Å². The highest BCUT2D eigenvalue weighted by molar-refractivity contribution is 5.89. The van der Waals surface area contributed by atoms with Gasteiger partial charge < -0.3 is 9.97 Å². The molecule has 0 radical (unpaired) electrons. The van der Waals surface area contributed by atoms with E-state index in [4.69, 9.17) is 0 Å². The number of H-pyrrole nitrogens is 3. The van der Waals surface area contributed by atoms with Crippen molar-refractivity contribution in [1.82, 2.24) is 25.4 Å². The molecule has 3 N–H and O–H groups in total. The van der Waals surface area contributed by atoms with Crippen LogP contribution in [0.5, 0.6) is 0 Å². The molecule has 17 heavy (non-hydrogen) atoms. The normalized spacial score (nSPS) is 10.8. The topological polar surface area (TPSA) is 107 Å². The monoisotopic (exact) mass is 229 g/mol. The average molecular weight is 229 g/mol. The van der Waals surface area contributed by atoms with Crippen molar-refractivity contribution in [2.45, 2.75) is 0 Å². The molecule has 2 aromatic heterocycles. The number of nitrogens with one attached hydrogen (secondary N) is 3. The Morgan fingerprint density at radius 3 is 2.65 bits per heavy atom. The van der Waals surface area contributed by atoms with E-state index in [1.807, 2.05) is 0 Å². The third-order valence-electron chi connectivity index (χ3n) is 2.45. The van der Waals surface area contributed by atoms with E-state index in [-0.39, 0.29) is 0 Å². The van der Waals surface area contributed by atoms with Gasteiger partial charge in [-0.1, -0.05) is 12.1 Å². The molecule has 2 heterocycles. The number of fused-ring (bicyclic) bond motifs is 1. The van der Waals surface area contributed by atoms with Crippen molar-refractivity contribution in [2.75, 3.05) is 0 Å². The van der Waals surface area contributed by atoms with E-state index in [0.717, 1.165) is 0 Å². The number of rotatable bonds is 1. The predicted molar refractivity (Wildman–Crippen MR) is 60.6 cm³/mol. The van der Waals surface area contributed by atoms with Gasteiger partial charge in [-0.25, -0.2) is 0 Å². The quantitative estimate of drug-likeness (QED) is 0.510. The summed E-state index contributed by atoms with van der Waals surface area (Å²) in [6.07, 6.45) is 1.54. The second-order valence-electron chi connectivity index (χ2n) is 3.49. The third kappa shape index (κ3) is 1.44. The Balaban J connectivity index is 2.45. The van der Waals surface area contributed by atoms with Gasteiger partial charge in [0.05, 0.1) is 17.2 Å². The van der Waals surface area contributed by atoms with Gasteiger partial charge in [0.15, 0.2) is 0 Å². The van der Waals surface area contributed by atoms with E-state index in [1.165, 1.54) is 6.20 Å². The minimum Gasteiger partial charge on any atom is -0.316 e. The number of hydrogen-bond donors (Lipinski definition) is 3. The van der Waals surface area contributed by atoms with Crippen LogP contribution >= 0.6 is 0 Å². The first kappa shape index (κ1) is 9.52. The van der Waals surface area contributed by atoms with Gasteiger partial charge in [-0.3, -0.25) is 9.59 Å². The highest BCUT2D eigenvalue weighted by Crippen LogP contribution is 2.21. The first-order valence-corrected chi connectivity index (χ1v) is 4.87. The highest BCUT2D eigenvalue weighted by Gasteiger charge is 2.08. The Labute approximate surface area is 93.5 Å². The fourth-order valence-electron chi connectivity index (χ4n) is 1.69. The second-order valence-corrected chi connectivity index (χ2v) is 3.49. The molecule has 1 aromatic carbocycles. The fraction of sp³-hybridized carbons (Fsp3) is 0. The predicted octanol–water partition coefficient (Wildman–Crippen LogP) is 0.00150. The zero-order valence-electron chi connectivity index (χ0n) is 8.52. The molecule has 3 rings (SSSR count). The number of aromatic nitrogens is 5. The van der Waals surface area contributed by atoms with Crippen molar-refractivity contribution in [3.05, 3.63) is 45.1 Å². The molecule has 0 aliphatic heterocycles. The van der Waals surface area contributed by atoms with E-state index in [0.29, 0.717) is 22.3 Å². The van der Waals surface area contributed by atoms with Crippen LogP contribution in [0.4, 0.5) is 0 Å². The second kappa shape index (κ2) is 3.41. The molecule has 0 atom stereocenters. The van der Waals surface area contributed by atoms with Crippen LogP contribution in [0, 0.1) is 0 Å². The van der Waals surface area contributed by atoms with E-state index in [9.17, 15) is 9.59 Å².